The van der Waals surface area contributed by atoms with E-state index in [0.717, 1.165) is 6.42 Å². The molecule has 0 aliphatic carbocycles. The highest BCUT2D eigenvalue weighted by Crippen LogP contribution is 2.11. The number of nitrogens with one attached hydrogen (secondary N) is 1. The minimum absolute atomic E-state index is 0.0243. The number of carboxylic acids is 1. The van der Waals surface area contributed by atoms with E-state index >= 15 is 0 Å². The van der Waals surface area contributed by atoms with E-state index in [-0.39, 0.29) is 31.1 Å². The van der Waals surface area contributed by atoms with Gasteiger partial charge in [-0.05, 0) is 33.1 Å². The molecule has 2 N–H and O–H groups in total. The average molecular weight is 301 g/mol. The number of hydrogen-bond donors (Lipinski definition) is 2. The molecule has 6 nitrogen and oxygen atoms in total. The van der Waals surface area contributed by atoms with Crippen LogP contribution in [-0.2, 0) is 19.1 Å². The smallest absolute Gasteiger partial charge is 0.326 e. The van der Waals surface area contributed by atoms with E-state index in [1.54, 1.807) is 20.8 Å². The molecule has 1 unspecified atom stereocenters. The highest BCUT2D eigenvalue weighted by Gasteiger charge is 2.23. The second kappa shape index (κ2) is 8.64. The molecule has 0 radical (unpaired) electrons. The summed E-state index contributed by atoms with van der Waals surface area (Å²) in [4.78, 5) is 34.4. The maximum Gasteiger partial charge on any atom is 0.326 e. The molecule has 0 saturated heterocycles. The third-order valence-corrected chi connectivity index (χ3v) is 2.92. The fourth-order valence-corrected chi connectivity index (χ4v) is 1.63. The lowest BCUT2D eigenvalue weighted by Crippen LogP contribution is -2.41. The molecule has 6 heteroatoms. The Morgan fingerprint density at radius 2 is 1.81 bits per heavy atom. The Morgan fingerprint density at radius 1 is 1.24 bits per heavy atom. The van der Waals surface area contributed by atoms with Crippen molar-refractivity contribution < 1.29 is 24.2 Å². The van der Waals surface area contributed by atoms with E-state index in [1.165, 1.54) is 0 Å². The third kappa shape index (κ3) is 9.87. The maximum atomic E-state index is 11.7. The molecule has 0 heterocycles. The van der Waals surface area contributed by atoms with Crippen LogP contribution in [0.25, 0.3) is 0 Å². The van der Waals surface area contributed by atoms with Crippen LogP contribution < -0.4 is 5.32 Å². The van der Waals surface area contributed by atoms with Crippen LogP contribution in [0, 0.1) is 5.92 Å². The van der Waals surface area contributed by atoms with Crippen LogP contribution in [0.4, 0.5) is 0 Å². The molecule has 0 fully saturated rings. The summed E-state index contributed by atoms with van der Waals surface area (Å²) in [6, 6.07) is -1.06. The molecule has 2 atom stereocenters. The van der Waals surface area contributed by atoms with Gasteiger partial charge in [0.2, 0.25) is 5.91 Å². The Kier molecular flexibility index (Phi) is 7.99. The third-order valence-electron chi connectivity index (χ3n) is 2.92. The van der Waals surface area contributed by atoms with Gasteiger partial charge in [0, 0.05) is 12.8 Å². The first-order valence-corrected chi connectivity index (χ1v) is 7.29. The van der Waals surface area contributed by atoms with E-state index in [1.807, 2.05) is 13.8 Å². The summed E-state index contributed by atoms with van der Waals surface area (Å²) in [6.45, 7) is 9.12. The molecule has 122 valence electrons. The zero-order valence-corrected chi connectivity index (χ0v) is 13.6. The summed E-state index contributed by atoms with van der Waals surface area (Å²) in [5.74, 6) is -1.72. The van der Waals surface area contributed by atoms with Crippen LogP contribution in [-0.4, -0.2) is 34.6 Å². The molecule has 0 aliphatic rings. The van der Waals surface area contributed by atoms with Crippen molar-refractivity contribution in [2.75, 3.05) is 0 Å². The standard InChI is InChI=1S/C15H27NO5/c1-6-10(2)9-12(17)16-11(14(19)20)7-8-13(18)21-15(3,4)5/h10-11H,6-9H2,1-5H3,(H,16,17)(H,19,20)/t10?,11-/m1/s1. The van der Waals surface area contributed by atoms with Crippen molar-refractivity contribution in [2.24, 2.45) is 5.92 Å². The molecule has 0 saturated carbocycles. The zero-order chi connectivity index (χ0) is 16.6. The van der Waals surface area contributed by atoms with Crippen molar-refractivity contribution in [1.29, 1.82) is 0 Å². The molecule has 0 aromatic carbocycles. The van der Waals surface area contributed by atoms with E-state index in [9.17, 15) is 14.4 Å². The molecule has 0 spiro atoms. The SMILES string of the molecule is CCC(C)CC(=O)N[C@H](CCC(=O)OC(C)(C)C)C(=O)O. The van der Waals surface area contributed by atoms with Crippen molar-refractivity contribution in [3.05, 3.63) is 0 Å². The van der Waals surface area contributed by atoms with Crippen molar-refractivity contribution in [1.82, 2.24) is 5.32 Å². The van der Waals surface area contributed by atoms with Gasteiger partial charge in [-0.25, -0.2) is 4.79 Å². The Morgan fingerprint density at radius 3 is 2.24 bits per heavy atom. The highest BCUT2D eigenvalue weighted by molar-refractivity contribution is 5.84. The van der Waals surface area contributed by atoms with Gasteiger partial charge in [0.1, 0.15) is 11.6 Å². The number of carbonyl (C=O) groups excluding carboxylic acids is 2. The molecule has 0 aliphatic heterocycles. The molecule has 0 bridgehead atoms. The number of amides is 1. The summed E-state index contributed by atoms with van der Waals surface area (Å²) >= 11 is 0. The van der Waals surface area contributed by atoms with E-state index < -0.39 is 23.6 Å². The first-order valence-electron chi connectivity index (χ1n) is 7.29. The molecule has 0 aromatic heterocycles. The first-order chi connectivity index (χ1) is 9.55. The second-order valence-corrected chi connectivity index (χ2v) is 6.30. The van der Waals surface area contributed by atoms with Crippen molar-refractivity contribution >= 4 is 17.8 Å². The van der Waals surface area contributed by atoms with Gasteiger partial charge in [0.15, 0.2) is 0 Å². The lowest BCUT2D eigenvalue weighted by molar-refractivity contribution is -0.155. The monoisotopic (exact) mass is 301 g/mol. The van der Waals surface area contributed by atoms with E-state index in [2.05, 4.69) is 5.32 Å². The number of hydrogen-bond acceptors (Lipinski definition) is 4. The summed E-state index contributed by atoms with van der Waals surface area (Å²) in [5, 5.41) is 11.5. The van der Waals surface area contributed by atoms with Gasteiger partial charge >= 0.3 is 11.9 Å². The molecule has 0 aromatic rings. The lowest BCUT2D eigenvalue weighted by atomic mass is 10.0. The van der Waals surface area contributed by atoms with Gasteiger partial charge in [0.05, 0.1) is 0 Å². The normalized spacial score (nSPS) is 14.1. The maximum absolute atomic E-state index is 11.7. The van der Waals surface area contributed by atoms with E-state index in [0.29, 0.717) is 0 Å². The summed E-state index contributed by atoms with van der Waals surface area (Å²) in [5.41, 5.74) is -0.602. The highest BCUT2D eigenvalue weighted by atomic mass is 16.6. The molecular weight excluding hydrogens is 274 g/mol. The fraction of sp³-hybridized carbons (Fsp3) is 0.800. The van der Waals surface area contributed by atoms with Crippen LogP contribution >= 0.6 is 0 Å². The van der Waals surface area contributed by atoms with E-state index in [4.69, 9.17) is 9.84 Å². The first kappa shape index (κ1) is 19.4. The van der Waals surface area contributed by atoms with Gasteiger partial charge in [-0.2, -0.15) is 0 Å². The minimum atomic E-state index is -1.14. The van der Waals surface area contributed by atoms with Crippen molar-refractivity contribution in [3.63, 3.8) is 0 Å². The number of ether oxygens (including phenoxy) is 1. The number of carbonyl (C=O) groups is 3. The Balaban J connectivity index is 4.35. The fourth-order valence-electron chi connectivity index (χ4n) is 1.63. The predicted molar refractivity (Wildman–Crippen MR) is 78.7 cm³/mol. The largest absolute Gasteiger partial charge is 0.480 e. The molecular formula is C15H27NO5. The minimum Gasteiger partial charge on any atom is -0.480 e. The molecule has 1 amide bonds. The van der Waals surface area contributed by atoms with Gasteiger partial charge in [0.25, 0.3) is 0 Å². The Hall–Kier alpha value is -1.59. The van der Waals surface area contributed by atoms with Gasteiger partial charge in [-0.15, -0.1) is 0 Å². The number of carboxylic acid groups (broad SMARTS) is 1. The van der Waals surface area contributed by atoms with Crippen LogP contribution in [0.3, 0.4) is 0 Å². The van der Waals surface area contributed by atoms with Gasteiger partial charge in [-0.3, -0.25) is 9.59 Å². The van der Waals surface area contributed by atoms with Crippen molar-refractivity contribution in [3.8, 4) is 0 Å². The number of esters is 1. The zero-order valence-electron chi connectivity index (χ0n) is 13.6. The van der Waals surface area contributed by atoms with Crippen LogP contribution in [0.5, 0.6) is 0 Å². The van der Waals surface area contributed by atoms with Crippen LogP contribution in [0.15, 0.2) is 0 Å². The van der Waals surface area contributed by atoms with Gasteiger partial charge in [-0.1, -0.05) is 20.3 Å². The topological polar surface area (TPSA) is 92.7 Å². The van der Waals surface area contributed by atoms with Crippen LogP contribution in [0.2, 0.25) is 0 Å². The van der Waals surface area contributed by atoms with Crippen LogP contribution in [0.1, 0.15) is 60.3 Å². The summed E-state index contributed by atoms with van der Waals surface area (Å²) in [6.07, 6.45) is 1.12. The lowest BCUT2D eigenvalue weighted by Gasteiger charge is -2.20. The molecule has 21 heavy (non-hydrogen) atoms. The molecule has 0 rings (SSSR count). The second-order valence-electron chi connectivity index (χ2n) is 6.30. The Bertz CT molecular complexity index is 373. The number of aliphatic carboxylic acids is 1. The Labute approximate surface area is 126 Å². The predicted octanol–water partition coefficient (Wildman–Crippen LogP) is 2.11. The quantitative estimate of drug-likeness (QED) is 0.670. The van der Waals surface area contributed by atoms with Crippen molar-refractivity contribution in [2.45, 2.75) is 71.9 Å². The average Bonchev–Trinajstić information content (AvgIpc) is 2.31. The summed E-state index contributed by atoms with van der Waals surface area (Å²) < 4.78 is 5.11. The van der Waals surface area contributed by atoms with Gasteiger partial charge < -0.3 is 15.2 Å². The number of rotatable bonds is 8. The summed E-state index contributed by atoms with van der Waals surface area (Å²) in [7, 11) is 0.